The smallest absolute Gasteiger partial charge is 0.347 e. The molecule has 2 heterocycles. The van der Waals surface area contributed by atoms with Crippen LogP contribution in [0.5, 0.6) is 11.5 Å². The molecule has 0 amide bonds. The maximum absolute atomic E-state index is 12.7. The van der Waals surface area contributed by atoms with Crippen molar-refractivity contribution in [2.45, 2.75) is 39.0 Å². The molecule has 5 aromatic carbocycles. The third kappa shape index (κ3) is 3.67. The molecule has 0 radical (unpaired) electrons. The Morgan fingerprint density at radius 1 is 0.800 bits per heavy atom. The number of fused-ring (bicyclic) bond motifs is 7. The molecule has 0 fully saturated rings. The van der Waals surface area contributed by atoms with Gasteiger partial charge in [-0.2, -0.15) is 0 Å². The molecule has 0 aliphatic carbocycles. The molecule has 4 heteroatoms. The van der Waals surface area contributed by atoms with Gasteiger partial charge in [0.15, 0.2) is 5.78 Å². The van der Waals surface area contributed by atoms with Crippen LogP contribution in [0.3, 0.4) is 0 Å². The molecule has 1 aliphatic heterocycles. The van der Waals surface area contributed by atoms with Gasteiger partial charge in [0, 0.05) is 22.4 Å². The molecule has 1 atom stereocenters. The number of carbonyl (C=O) groups is 1. The van der Waals surface area contributed by atoms with E-state index in [2.05, 4.69) is 98.8 Å². The van der Waals surface area contributed by atoms with Crippen LogP contribution in [-0.2, 0) is 0 Å². The van der Waals surface area contributed by atoms with Crippen molar-refractivity contribution >= 4 is 38.3 Å². The van der Waals surface area contributed by atoms with Gasteiger partial charge in [0.2, 0.25) is 0 Å². The van der Waals surface area contributed by atoms with Crippen molar-refractivity contribution in [3.05, 3.63) is 129 Å². The highest BCUT2D eigenvalue weighted by atomic mass is 16.5. The van der Waals surface area contributed by atoms with Crippen molar-refractivity contribution in [3.8, 4) is 11.5 Å². The average Bonchev–Trinajstić information content (AvgIpc) is 2.98. The molecule has 6 aromatic rings. The van der Waals surface area contributed by atoms with Crippen molar-refractivity contribution in [2.24, 2.45) is 0 Å². The van der Waals surface area contributed by atoms with E-state index in [1.165, 1.54) is 6.92 Å². The minimum Gasteiger partial charge on any atom is -0.457 e. The normalized spacial score (nSPS) is 13.7. The van der Waals surface area contributed by atoms with Crippen LogP contribution in [0.1, 0.15) is 71.6 Å². The molecule has 7 rings (SSSR count). The highest BCUT2D eigenvalue weighted by molar-refractivity contribution is 5.98. The van der Waals surface area contributed by atoms with E-state index in [0.29, 0.717) is 5.58 Å². The van der Waals surface area contributed by atoms with Gasteiger partial charge in [-0.3, -0.25) is 4.79 Å². The highest BCUT2D eigenvalue weighted by Gasteiger charge is 2.33. The number of rotatable bonds is 4. The van der Waals surface area contributed by atoms with Crippen LogP contribution in [0.4, 0.5) is 0 Å². The van der Waals surface area contributed by atoms with Crippen molar-refractivity contribution in [1.29, 1.82) is 0 Å². The summed E-state index contributed by atoms with van der Waals surface area (Å²) >= 11 is 0. The van der Waals surface area contributed by atoms with Gasteiger partial charge in [0.25, 0.3) is 0 Å². The lowest BCUT2D eigenvalue weighted by molar-refractivity contribution is 0.101. The Bertz CT molecular complexity index is 1960. The molecule has 0 N–H and O–H groups in total. The van der Waals surface area contributed by atoms with Crippen LogP contribution < -0.4 is 10.4 Å². The Hall–Kier alpha value is -4.70. The van der Waals surface area contributed by atoms with E-state index in [-0.39, 0.29) is 23.2 Å². The maximum Gasteiger partial charge on any atom is 0.347 e. The summed E-state index contributed by atoms with van der Waals surface area (Å²) in [5, 5.41) is 5.32. The molecular formula is C36H28O4. The fraction of sp³-hybridized carbons (Fsp3) is 0.167. The summed E-state index contributed by atoms with van der Waals surface area (Å²) in [5.74, 6) is 1.37. The van der Waals surface area contributed by atoms with Gasteiger partial charge >= 0.3 is 5.63 Å². The number of benzene rings is 5. The quantitative estimate of drug-likeness (QED) is 0.170. The van der Waals surface area contributed by atoms with E-state index in [4.69, 9.17) is 9.15 Å². The van der Waals surface area contributed by atoms with E-state index in [1.807, 2.05) is 0 Å². The Kier molecular flexibility index (Phi) is 5.60. The standard InChI is InChI=1S/C36H28O4/c1-4-20(2)28-18-24(17-25-19-29(21(3)37)36(38)40-35(25)28)32-33-26-11-7-5-9-22(26)13-15-30(33)39-31-16-14-23-10-6-8-12-27(23)34(31)32/h5-20,32H,4H2,1-3H3. The fourth-order valence-electron chi connectivity index (χ4n) is 6.20. The van der Waals surface area contributed by atoms with E-state index in [0.717, 1.165) is 67.1 Å². The molecule has 1 aromatic heterocycles. The maximum atomic E-state index is 12.7. The van der Waals surface area contributed by atoms with E-state index < -0.39 is 5.63 Å². The lowest BCUT2D eigenvalue weighted by Gasteiger charge is -2.32. The van der Waals surface area contributed by atoms with Crippen LogP contribution in [0.2, 0.25) is 0 Å². The zero-order valence-corrected chi connectivity index (χ0v) is 22.7. The summed E-state index contributed by atoms with van der Waals surface area (Å²) in [6, 6.07) is 31.1. The van der Waals surface area contributed by atoms with Crippen molar-refractivity contribution < 1.29 is 13.9 Å². The second-order valence-electron chi connectivity index (χ2n) is 10.8. The number of Topliss-reactive ketones (excluding diaryl/α,β-unsaturated/α-hetero) is 1. The predicted octanol–water partition coefficient (Wildman–Crippen LogP) is 9.10. The first-order valence-corrected chi connectivity index (χ1v) is 13.8. The second-order valence-corrected chi connectivity index (χ2v) is 10.8. The number of ether oxygens (including phenoxy) is 1. The minimum atomic E-state index is -0.587. The molecule has 1 aliphatic rings. The van der Waals surface area contributed by atoms with Crippen molar-refractivity contribution in [2.75, 3.05) is 0 Å². The van der Waals surface area contributed by atoms with Gasteiger partial charge in [-0.05, 0) is 76.2 Å². The van der Waals surface area contributed by atoms with Crippen LogP contribution in [-0.4, -0.2) is 5.78 Å². The van der Waals surface area contributed by atoms with Gasteiger partial charge in [-0.1, -0.05) is 80.6 Å². The predicted molar refractivity (Wildman–Crippen MR) is 160 cm³/mol. The Morgan fingerprint density at radius 2 is 1.40 bits per heavy atom. The fourth-order valence-corrected chi connectivity index (χ4v) is 6.20. The molecule has 0 saturated carbocycles. The molecular weight excluding hydrogens is 496 g/mol. The third-order valence-electron chi connectivity index (χ3n) is 8.40. The Labute approximate surface area is 231 Å². The van der Waals surface area contributed by atoms with E-state index in [1.54, 1.807) is 6.07 Å². The summed E-state index contributed by atoms with van der Waals surface area (Å²) in [6.07, 6.45) is 0.879. The van der Waals surface area contributed by atoms with Crippen molar-refractivity contribution in [3.63, 3.8) is 0 Å². The van der Waals surface area contributed by atoms with Gasteiger partial charge in [0.05, 0.1) is 0 Å². The highest BCUT2D eigenvalue weighted by Crippen LogP contribution is 2.52. The van der Waals surface area contributed by atoms with E-state index >= 15 is 0 Å². The first kappa shape index (κ1) is 24.3. The molecule has 1 unspecified atom stereocenters. The molecule has 40 heavy (non-hydrogen) atoms. The lowest BCUT2D eigenvalue weighted by Crippen LogP contribution is -2.15. The van der Waals surface area contributed by atoms with Gasteiger partial charge in [0.1, 0.15) is 22.6 Å². The second kappa shape index (κ2) is 9.20. The zero-order valence-electron chi connectivity index (χ0n) is 22.7. The first-order chi connectivity index (χ1) is 19.4. The Balaban J connectivity index is 1.63. The molecule has 0 spiro atoms. The number of carbonyl (C=O) groups excluding carboxylic acids is 1. The molecule has 196 valence electrons. The molecule has 4 nitrogen and oxygen atoms in total. The summed E-state index contributed by atoms with van der Waals surface area (Å²) < 4.78 is 12.4. The average molecular weight is 525 g/mol. The van der Waals surface area contributed by atoms with Gasteiger partial charge in [-0.15, -0.1) is 0 Å². The van der Waals surface area contributed by atoms with Gasteiger partial charge in [-0.25, -0.2) is 4.79 Å². The van der Waals surface area contributed by atoms with Crippen LogP contribution in [0, 0.1) is 0 Å². The third-order valence-corrected chi connectivity index (χ3v) is 8.40. The number of hydrogen-bond donors (Lipinski definition) is 0. The number of ketones is 1. The largest absolute Gasteiger partial charge is 0.457 e. The first-order valence-electron chi connectivity index (χ1n) is 13.8. The van der Waals surface area contributed by atoms with Crippen molar-refractivity contribution in [1.82, 2.24) is 0 Å². The van der Waals surface area contributed by atoms with Crippen LogP contribution in [0.15, 0.2) is 100 Å². The summed E-state index contributed by atoms with van der Waals surface area (Å²) in [4.78, 5) is 25.1. The monoisotopic (exact) mass is 524 g/mol. The molecule has 0 bridgehead atoms. The van der Waals surface area contributed by atoms with Gasteiger partial charge < -0.3 is 9.15 Å². The topological polar surface area (TPSA) is 56.5 Å². The van der Waals surface area contributed by atoms with Crippen LogP contribution >= 0.6 is 0 Å². The summed E-state index contributed by atoms with van der Waals surface area (Å²) in [6.45, 7) is 5.68. The summed E-state index contributed by atoms with van der Waals surface area (Å²) in [7, 11) is 0. The Morgan fingerprint density at radius 3 is 1.98 bits per heavy atom. The van der Waals surface area contributed by atoms with E-state index in [9.17, 15) is 9.59 Å². The lowest BCUT2D eigenvalue weighted by atomic mass is 9.77. The molecule has 0 saturated heterocycles. The summed E-state index contributed by atoms with van der Waals surface area (Å²) in [5.41, 5.74) is 4.30. The number of hydrogen-bond acceptors (Lipinski definition) is 4. The zero-order chi connectivity index (χ0) is 27.5. The SMILES string of the molecule is CCC(C)c1cc(C2c3c(ccc4ccccc34)Oc3ccc4ccccc4c32)cc2cc(C(C)=O)c(=O)oc12. The van der Waals surface area contributed by atoms with Crippen LogP contribution in [0.25, 0.3) is 32.5 Å². The minimum absolute atomic E-state index is 0.0726.